The lowest BCUT2D eigenvalue weighted by Gasteiger charge is -2.30. The van der Waals surface area contributed by atoms with Gasteiger partial charge in [-0.1, -0.05) is 91.0 Å². The molecule has 0 nitrogen and oxygen atoms in total. The van der Waals surface area contributed by atoms with Crippen LogP contribution in [0.15, 0.2) is 91.0 Å². The Bertz CT molecular complexity index is 1190. The Labute approximate surface area is 221 Å². The maximum Gasteiger partial charge on any atom is 0.340 e. The lowest BCUT2D eigenvalue weighted by molar-refractivity contribution is 0.839. The molecule has 0 aliphatic carbocycles. The topological polar surface area (TPSA) is 0 Å². The van der Waals surface area contributed by atoms with Gasteiger partial charge in [0.15, 0.2) is 0 Å². The highest BCUT2D eigenvalue weighted by Crippen LogP contribution is 2.29. The highest BCUT2D eigenvalue weighted by molar-refractivity contribution is 7.98. The van der Waals surface area contributed by atoms with E-state index < -0.39 is 8.41 Å². The zero-order valence-corrected chi connectivity index (χ0v) is 23.0. The van der Waals surface area contributed by atoms with Crippen LogP contribution < -0.4 is 15.6 Å². The second-order valence-corrected chi connectivity index (χ2v) is 15.2. The first kappa shape index (κ1) is 23.5. The van der Waals surface area contributed by atoms with Crippen LogP contribution in [-0.4, -0.2) is 8.41 Å². The fourth-order valence-electron chi connectivity index (χ4n) is 5.31. The average Bonchev–Trinajstić information content (AvgIpc) is 2.88. The van der Waals surface area contributed by atoms with E-state index in [1.54, 1.807) is 0 Å². The molecule has 176 valence electrons. The molecule has 35 heavy (non-hydrogen) atoms. The predicted molar refractivity (Wildman–Crippen MR) is 157 cm³/mol. The van der Waals surface area contributed by atoms with Crippen LogP contribution in [0.4, 0.5) is 4.11 Å². The lowest BCUT2D eigenvalue weighted by Crippen LogP contribution is -2.66. The summed E-state index contributed by atoms with van der Waals surface area (Å²) >= 11 is 5.71. The van der Waals surface area contributed by atoms with Crippen molar-refractivity contribution in [3.05, 3.63) is 124 Å². The van der Waals surface area contributed by atoms with E-state index in [1.807, 2.05) is 53.5 Å². The van der Waals surface area contributed by atoms with Crippen molar-refractivity contribution < 1.29 is 4.11 Å². The molecular weight excluding hydrogens is 504 g/mol. The third-order valence-electron chi connectivity index (χ3n) is 6.86. The van der Waals surface area contributed by atoms with Crippen molar-refractivity contribution in [2.24, 2.45) is 0 Å². The van der Waals surface area contributed by atoms with Crippen LogP contribution in [0.2, 0.25) is 0 Å². The normalized spacial score (nSPS) is 17.1. The quantitative estimate of drug-likeness (QED) is 0.187. The first-order valence-electron chi connectivity index (χ1n) is 12.0. The van der Waals surface area contributed by atoms with E-state index >= 15 is 4.11 Å². The Hall–Kier alpha value is -1.92. The minimum Gasteiger partial charge on any atom is -0.296 e. The number of halogens is 1. The summed E-state index contributed by atoms with van der Waals surface area (Å²) in [6.45, 7) is 0. The van der Waals surface area contributed by atoms with Crippen LogP contribution in [-0.2, 0) is 34.5 Å². The number of benzene rings is 4. The highest BCUT2D eigenvalue weighted by Gasteiger charge is 2.45. The summed E-state index contributed by atoms with van der Waals surface area (Å²) in [6.07, 6.45) is 0. The van der Waals surface area contributed by atoms with Crippen LogP contribution in [0.25, 0.3) is 0 Å². The number of hydrogen-bond donors (Lipinski definition) is 0. The summed E-state index contributed by atoms with van der Waals surface area (Å²) in [7, 11) is -3.74. The Morgan fingerprint density at radius 1 is 0.457 bits per heavy atom. The molecule has 0 spiro atoms. The lowest BCUT2D eigenvalue weighted by atomic mass is 10.1. The zero-order chi connectivity index (χ0) is 23.7. The predicted octanol–water partition coefficient (Wildman–Crippen LogP) is 6.55. The first-order valence-corrected chi connectivity index (χ1v) is 17.3. The molecule has 0 atom stereocenters. The minimum atomic E-state index is -3.74. The van der Waals surface area contributed by atoms with Crippen molar-refractivity contribution in [1.82, 2.24) is 0 Å². The van der Waals surface area contributed by atoms with Crippen LogP contribution in [0.1, 0.15) is 33.4 Å². The van der Waals surface area contributed by atoms with E-state index in [4.69, 9.17) is 0 Å². The molecule has 0 saturated heterocycles. The maximum absolute atomic E-state index is 18.4. The number of fused-ring (bicyclic) bond motifs is 6. The molecule has 0 N–H and O–H groups in total. The summed E-state index contributed by atoms with van der Waals surface area (Å²) in [6, 6.07) is 32.1. The first-order chi connectivity index (χ1) is 17.2. The Balaban J connectivity index is 1.66. The Morgan fingerprint density at radius 2 is 0.771 bits per heavy atom. The second kappa shape index (κ2) is 10.2. The van der Waals surface area contributed by atoms with Gasteiger partial charge >= 0.3 is 8.41 Å². The van der Waals surface area contributed by atoms with Gasteiger partial charge in [0.1, 0.15) is 0 Å². The van der Waals surface area contributed by atoms with Gasteiger partial charge in [0, 0.05) is 34.5 Å². The van der Waals surface area contributed by atoms with Gasteiger partial charge < -0.3 is 0 Å². The molecule has 4 aromatic carbocycles. The Kier molecular flexibility index (Phi) is 6.85. The summed E-state index contributed by atoms with van der Waals surface area (Å²) in [4.78, 5) is 0. The third kappa shape index (κ3) is 4.64. The molecular formula is C30H27FS3Si. The van der Waals surface area contributed by atoms with Gasteiger partial charge in [-0.2, -0.15) is 35.3 Å². The molecule has 0 unspecified atom stereocenters. The number of rotatable bonds is 0. The molecule has 0 fully saturated rings. The molecule has 3 aliphatic rings. The number of thioether (sulfide) groups is 3. The van der Waals surface area contributed by atoms with Crippen molar-refractivity contribution in [3.63, 3.8) is 0 Å². The molecule has 3 aliphatic heterocycles. The van der Waals surface area contributed by atoms with Crippen molar-refractivity contribution in [1.29, 1.82) is 0 Å². The van der Waals surface area contributed by atoms with Crippen LogP contribution in [0.5, 0.6) is 0 Å². The fourth-order valence-corrected chi connectivity index (χ4v) is 12.3. The van der Waals surface area contributed by atoms with Gasteiger partial charge in [-0.25, -0.2) is 0 Å². The fraction of sp³-hybridized carbons (Fsp3) is 0.200. The molecule has 7 rings (SSSR count). The van der Waals surface area contributed by atoms with Gasteiger partial charge in [-0.05, 0) is 48.9 Å². The molecule has 0 aromatic heterocycles. The monoisotopic (exact) mass is 530 g/mol. The van der Waals surface area contributed by atoms with E-state index in [0.29, 0.717) is 0 Å². The molecule has 4 bridgehead atoms. The molecule has 0 radical (unpaired) electrons. The van der Waals surface area contributed by atoms with E-state index in [1.165, 1.54) is 16.7 Å². The Morgan fingerprint density at radius 3 is 1.11 bits per heavy atom. The third-order valence-corrected chi connectivity index (χ3v) is 13.7. The highest BCUT2D eigenvalue weighted by atomic mass is 32.2. The van der Waals surface area contributed by atoms with Gasteiger partial charge in [-0.15, -0.1) is 0 Å². The van der Waals surface area contributed by atoms with Crippen LogP contribution in [0.3, 0.4) is 0 Å². The van der Waals surface area contributed by atoms with Crippen molar-refractivity contribution in [3.8, 4) is 0 Å². The van der Waals surface area contributed by atoms with Gasteiger partial charge in [0.05, 0.1) is 0 Å². The zero-order valence-electron chi connectivity index (χ0n) is 19.5. The standard InChI is InChI=1S/C30H27FS3Si/c31-35-28-10-4-1-7-25(28)19-32-16-22-13-23(17-33-20-26-8-2-5-11-29(26)35)15-24(14-22)18-34-21-27-9-3-6-12-30(27)35/h1-15H,16-21H2. The smallest absolute Gasteiger partial charge is 0.296 e. The summed E-state index contributed by atoms with van der Waals surface area (Å²) in [5.74, 6) is 5.34. The second-order valence-electron chi connectivity index (χ2n) is 9.27. The van der Waals surface area contributed by atoms with Crippen molar-refractivity contribution in [2.75, 3.05) is 0 Å². The molecule has 4 aromatic rings. The minimum absolute atomic E-state index is 0.822. The van der Waals surface area contributed by atoms with Crippen LogP contribution >= 0.6 is 35.3 Å². The van der Waals surface area contributed by atoms with Crippen LogP contribution in [0, 0.1) is 0 Å². The summed E-state index contributed by atoms with van der Waals surface area (Å²) in [5, 5.41) is 2.77. The average molecular weight is 531 g/mol. The summed E-state index contributed by atoms with van der Waals surface area (Å²) in [5.41, 5.74) is 7.59. The SMILES string of the molecule is F[Si]12c3ccccc3CSCc3cc(cc(c3)CSCc3ccccc31)CSCc1ccccc12. The molecule has 3 heterocycles. The summed E-state index contributed by atoms with van der Waals surface area (Å²) < 4.78 is 18.4. The van der Waals surface area contributed by atoms with Crippen molar-refractivity contribution >= 4 is 59.3 Å². The number of hydrogen-bond acceptors (Lipinski definition) is 3. The van der Waals surface area contributed by atoms with Gasteiger partial charge in [-0.3, -0.25) is 4.11 Å². The maximum atomic E-state index is 18.4. The van der Waals surface area contributed by atoms with Crippen molar-refractivity contribution in [2.45, 2.75) is 34.5 Å². The molecule has 0 amide bonds. The molecule has 5 heteroatoms. The van der Waals surface area contributed by atoms with E-state index in [9.17, 15) is 0 Å². The van der Waals surface area contributed by atoms with E-state index in [2.05, 4.69) is 72.8 Å². The largest absolute Gasteiger partial charge is 0.340 e. The molecule has 0 saturated carbocycles. The van der Waals surface area contributed by atoms with Gasteiger partial charge in [0.2, 0.25) is 0 Å². The van der Waals surface area contributed by atoms with E-state index in [-0.39, 0.29) is 0 Å². The van der Waals surface area contributed by atoms with Gasteiger partial charge in [0.25, 0.3) is 0 Å². The van der Waals surface area contributed by atoms with E-state index in [0.717, 1.165) is 66.8 Å².